The average Bonchev–Trinajstić information content (AvgIpc) is 2.90. The normalized spacial score (nSPS) is 13.1. The number of hydrogen-bond acceptors (Lipinski definition) is 7. The molecule has 0 saturated heterocycles. The fourth-order valence-electron chi connectivity index (χ4n) is 2.40. The topological polar surface area (TPSA) is 88.9 Å². The number of allylic oxidation sites excluding steroid dienone is 2. The molecule has 1 aliphatic rings. The number of hydrogen-bond donors (Lipinski definition) is 0. The van der Waals surface area contributed by atoms with Crippen LogP contribution in [0.5, 0.6) is 5.75 Å². The minimum absolute atomic E-state index is 0.0163. The number of benzene rings is 1. The smallest absolute Gasteiger partial charge is 0.355 e. The zero-order valence-corrected chi connectivity index (χ0v) is 14.7. The highest BCUT2D eigenvalue weighted by Crippen LogP contribution is 2.30. The molecule has 0 amide bonds. The SMILES string of the molecule is CCOc1ccc(N2C=CC=CC(C(=O)OC)=C2C(=O)OC)cc1C#N. The van der Waals surface area contributed by atoms with Crippen molar-refractivity contribution >= 4 is 17.6 Å². The van der Waals surface area contributed by atoms with Gasteiger partial charge in [-0.25, -0.2) is 9.59 Å². The van der Waals surface area contributed by atoms with Gasteiger partial charge in [-0.3, -0.25) is 0 Å². The minimum atomic E-state index is -0.714. The van der Waals surface area contributed by atoms with E-state index in [4.69, 9.17) is 14.2 Å². The molecule has 0 saturated carbocycles. The Morgan fingerprint density at radius 3 is 2.50 bits per heavy atom. The van der Waals surface area contributed by atoms with Crippen molar-refractivity contribution in [2.75, 3.05) is 25.7 Å². The molecule has 26 heavy (non-hydrogen) atoms. The van der Waals surface area contributed by atoms with Crippen LogP contribution in [0.4, 0.5) is 5.69 Å². The maximum Gasteiger partial charge on any atom is 0.355 e. The molecule has 7 heteroatoms. The second-order valence-electron chi connectivity index (χ2n) is 5.04. The lowest BCUT2D eigenvalue weighted by Gasteiger charge is -2.23. The summed E-state index contributed by atoms with van der Waals surface area (Å²) < 4.78 is 15.0. The van der Waals surface area contributed by atoms with Crippen LogP contribution in [-0.2, 0) is 19.1 Å². The van der Waals surface area contributed by atoms with Gasteiger partial charge in [-0.15, -0.1) is 0 Å². The number of anilines is 1. The monoisotopic (exact) mass is 354 g/mol. The Labute approximate surface area is 151 Å². The van der Waals surface area contributed by atoms with Gasteiger partial charge in [0, 0.05) is 11.9 Å². The van der Waals surface area contributed by atoms with E-state index in [1.54, 1.807) is 36.6 Å². The summed E-state index contributed by atoms with van der Waals surface area (Å²) in [5.41, 5.74) is 0.819. The standard InChI is InChI=1S/C19H18N2O5/c1-4-26-16-9-8-14(11-13(16)12-20)21-10-6-5-7-15(18(22)24-2)17(21)19(23)25-3/h5-11H,4H2,1-3H3. The molecular formula is C19H18N2O5. The number of nitrogens with zero attached hydrogens (tertiary/aromatic N) is 2. The summed E-state index contributed by atoms with van der Waals surface area (Å²) in [4.78, 5) is 26.0. The molecule has 1 aromatic rings. The second kappa shape index (κ2) is 8.53. The molecule has 134 valence electrons. The number of rotatable bonds is 5. The lowest BCUT2D eigenvalue weighted by molar-refractivity contribution is -0.139. The molecule has 0 atom stereocenters. The van der Waals surface area contributed by atoms with Gasteiger partial charge in [0.2, 0.25) is 0 Å². The lowest BCUT2D eigenvalue weighted by atomic mass is 10.1. The maximum absolute atomic E-state index is 12.4. The first-order chi connectivity index (χ1) is 12.6. The highest BCUT2D eigenvalue weighted by atomic mass is 16.5. The first-order valence-electron chi connectivity index (χ1n) is 7.79. The molecule has 0 N–H and O–H groups in total. The van der Waals surface area contributed by atoms with Gasteiger partial charge in [-0.05, 0) is 37.3 Å². The van der Waals surface area contributed by atoms with E-state index in [0.29, 0.717) is 23.6 Å². The lowest BCUT2D eigenvalue weighted by Crippen LogP contribution is -2.27. The predicted molar refractivity (Wildman–Crippen MR) is 94.1 cm³/mol. The zero-order valence-electron chi connectivity index (χ0n) is 14.7. The molecular weight excluding hydrogens is 336 g/mol. The van der Waals surface area contributed by atoms with Gasteiger partial charge in [0.05, 0.1) is 32.0 Å². The van der Waals surface area contributed by atoms with E-state index >= 15 is 0 Å². The zero-order chi connectivity index (χ0) is 19.1. The van der Waals surface area contributed by atoms with E-state index in [1.807, 2.05) is 6.92 Å². The molecule has 1 aromatic carbocycles. The van der Waals surface area contributed by atoms with Crippen molar-refractivity contribution in [3.63, 3.8) is 0 Å². The van der Waals surface area contributed by atoms with Crippen molar-refractivity contribution < 1.29 is 23.8 Å². The van der Waals surface area contributed by atoms with Crippen molar-refractivity contribution in [1.29, 1.82) is 5.26 Å². The fraction of sp³-hybridized carbons (Fsp3) is 0.211. The number of carbonyl (C=O) groups is 2. The van der Waals surface area contributed by atoms with Crippen LogP contribution in [0.2, 0.25) is 0 Å². The number of ether oxygens (including phenoxy) is 3. The Kier molecular flexibility index (Phi) is 6.17. The van der Waals surface area contributed by atoms with Gasteiger partial charge in [0.1, 0.15) is 17.5 Å². The van der Waals surface area contributed by atoms with Crippen molar-refractivity contribution in [2.24, 2.45) is 0 Å². The molecule has 0 spiro atoms. The van der Waals surface area contributed by atoms with Gasteiger partial charge in [0.25, 0.3) is 0 Å². The third kappa shape index (κ3) is 3.75. The van der Waals surface area contributed by atoms with Crippen LogP contribution in [0.25, 0.3) is 0 Å². The van der Waals surface area contributed by atoms with Gasteiger partial charge in [-0.1, -0.05) is 6.08 Å². The summed E-state index contributed by atoms with van der Waals surface area (Å²) in [7, 11) is 2.45. The largest absolute Gasteiger partial charge is 0.492 e. The summed E-state index contributed by atoms with van der Waals surface area (Å²) in [5.74, 6) is -0.955. The molecule has 0 radical (unpaired) electrons. The van der Waals surface area contributed by atoms with E-state index in [0.717, 1.165) is 0 Å². The van der Waals surface area contributed by atoms with E-state index in [1.165, 1.54) is 25.2 Å². The highest BCUT2D eigenvalue weighted by Gasteiger charge is 2.27. The van der Waals surface area contributed by atoms with E-state index in [2.05, 4.69) is 6.07 Å². The van der Waals surface area contributed by atoms with Crippen molar-refractivity contribution in [3.8, 4) is 11.8 Å². The van der Waals surface area contributed by atoms with E-state index in [-0.39, 0.29) is 11.3 Å². The maximum atomic E-state index is 12.4. The molecule has 0 aromatic heterocycles. The van der Waals surface area contributed by atoms with Gasteiger partial charge in [0.15, 0.2) is 0 Å². The Morgan fingerprint density at radius 1 is 1.15 bits per heavy atom. The number of nitriles is 1. The van der Waals surface area contributed by atoms with E-state index < -0.39 is 11.9 Å². The first kappa shape index (κ1) is 18.8. The van der Waals surface area contributed by atoms with Crippen molar-refractivity contribution in [1.82, 2.24) is 0 Å². The average molecular weight is 354 g/mol. The molecule has 1 heterocycles. The highest BCUT2D eigenvalue weighted by molar-refractivity contribution is 6.05. The van der Waals surface area contributed by atoms with Crippen LogP contribution in [-0.4, -0.2) is 32.8 Å². The van der Waals surface area contributed by atoms with Crippen LogP contribution >= 0.6 is 0 Å². The number of carbonyl (C=O) groups excluding carboxylic acids is 2. The molecule has 0 bridgehead atoms. The third-order valence-electron chi connectivity index (χ3n) is 3.55. The fourth-order valence-corrected chi connectivity index (χ4v) is 2.40. The second-order valence-corrected chi connectivity index (χ2v) is 5.04. The van der Waals surface area contributed by atoms with Crippen LogP contribution in [0.3, 0.4) is 0 Å². The quantitative estimate of drug-likeness (QED) is 0.750. The van der Waals surface area contributed by atoms with Gasteiger partial charge in [-0.2, -0.15) is 5.26 Å². The summed E-state index contributed by atoms with van der Waals surface area (Å²) in [6.07, 6.45) is 6.32. The molecule has 0 unspecified atom stereocenters. The number of methoxy groups -OCH3 is 2. The minimum Gasteiger partial charge on any atom is -0.492 e. The van der Waals surface area contributed by atoms with Crippen LogP contribution in [0, 0.1) is 11.3 Å². The summed E-state index contributed by atoms with van der Waals surface area (Å²) in [6, 6.07) is 6.95. The third-order valence-corrected chi connectivity index (χ3v) is 3.55. The van der Waals surface area contributed by atoms with Crippen LogP contribution < -0.4 is 9.64 Å². The molecule has 2 rings (SSSR count). The Balaban J connectivity index is 2.64. The van der Waals surface area contributed by atoms with Gasteiger partial charge >= 0.3 is 11.9 Å². The molecule has 7 nitrogen and oxygen atoms in total. The summed E-state index contributed by atoms with van der Waals surface area (Å²) >= 11 is 0. The van der Waals surface area contributed by atoms with Crippen molar-refractivity contribution in [3.05, 3.63) is 59.5 Å². The van der Waals surface area contributed by atoms with E-state index in [9.17, 15) is 14.9 Å². The predicted octanol–water partition coefficient (Wildman–Crippen LogP) is 2.45. The number of esters is 2. The Morgan fingerprint density at radius 2 is 1.88 bits per heavy atom. The first-order valence-corrected chi connectivity index (χ1v) is 7.79. The molecule has 1 aliphatic heterocycles. The van der Waals surface area contributed by atoms with Gasteiger partial charge < -0.3 is 19.1 Å². The molecule has 0 fully saturated rings. The van der Waals surface area contributed by atoms with Crippen molar-refractivity contribution in [2.45, 2.75) is 6.92 Å². The van der Waals surface area contributed by atoms with Crippen LogP contribution in [0.1, 0.15) is 12.5 Å². The Bertz CT molecular complexity index is 846. The summed E-state index contributed by atoms with van der Waals surface area (Å²) in [6.45, 7) is 2.24. The Hall–Kier alpha value is -3.53. The van der Waals surface area contributed by atoms with Crippen LogP contribution in [0.15, 0.2) is 53.9 Å². The molecule has 0 aliphatic carbocycles. The summed E-state index contributed by atoms with van der Waals surface area (Å²) in [5, 5.41) is 9.37.